The fourth-order valence-corrected chi connectivity index (χ4v) is 3.23. The molecule has 2 aromatic rings. The van der Waals surface area contributed by atoms with Gasteiger partial charge in [-0.1, -0.05) is 0 Å². The highest BCUT2D eigenvalue weighted by atomic mass is 32.2. The van der Waals surface area contributed by atoms with Gasteiger partial charge in [-0.05, 0) is 30.7 Å². The summed E-state index contributed by atoms with van der Waals surface area (Å²) in [7, 11) is -3.17. The van der Waals surface area contributed by atoms with Gasteiger partial charge >= 0.3 is 0 Å². The summed E-state index contributed by atoms with van der Waals surface area (Å²) in [5.41, 5.74) is 0. The summed E-state index contributed by atoms with van der Waals surface area (Å²) in [6.07, 6.45) is 3.94. The zero-order valence-corrected chi connectivity index (χ0v) is 13.8. The number of thiophene rings is 1. The summed E-state index contributed by atoms with van der Waals surface area (Å²) in [6, 6.07) is 7.27. The minimum absolute atomic E-state index is 0.126. The number of hydrogen-bond acceptors (Lipinski definition) is 5. The topological polar surface area (TPSA) is 88.4 Å². The second kappa shape index (κ2) is 7.57. The van der Waals surface area contributed by atoms with E-state index in [0.29, 0.717) is 30.8 Å². The normalized spacial score (nSPS) is 11.5. The zero-order chi connectivity index (χ0) is 16.0. The predicted octanol–water partition coefficient (Wildman–Crippen LogP) is 1.41. The molecular weight excluding hydrogens is 324 g/mol. The fraction of sp³-hybridized carbons (Fsp3) is 0.357. The molecule has 0 fully saturated rings. The lowest BCUT2D eigenvalue weighted by Crippen LogP contribution is -2.24. The minimum atomic E-state index is -3.17. The maximum absolute atomic E-state index is 12.0. The smallest absolute Gasteiger partial charge is 0.261 e. The summed E-state index contributed by atoms with van der Waals surface area (Å²) < 4.78 is 29.6. The highest BCUT2D eigenvalue weighted by Gasteiger charge is 2.09. The van der Waals surface area contributed by atoms with Crippen LogP contribution in [0.25, 0.3) is 0 Å². The van der Waals surface area contributed by atoms with Crippen LogP contribution in [0.1, 0.15) is 20.3 Å². The van der Waals surface area contributed by atoms with Gasteiger partial charge in [0, 0.05) is 24.4 Å². The van der Waals surface area contributed by atoms with Crippen LogP contribution in [0.15, 0.2) is 34.9 Å². The summed E-state index contributed by atoms with van der Waals surface area (Å²) in [4.78, 5) is 13.6. The molecular formula is C14H18N2O4S2. The zero-order valence-electron chi connectivity index (χ0n) is 12.2. The van der Waals surface area contributed by atoms with Gasteiger partial charge in [0.1, 0.15) is 5.76 Å². The van der Waals surface area contributed by atoms with Gasteiger partial charge in [0.05, 0.1) is 17.4 Å². The maximum Gasteiger partial charge on any atom is 0.261 e. The van der Waals surface area contributed by atoms with E-state index < -0.39 is 10.0 Å². The lowest BCUT2D eigenvalue weighted by atomic mass is 10.3. The van der Waals surface area contributed by atoms with Crippen molar-refractivity contribution < 1.29 is 17.6 Å². The van der Waals surface area contributed by atoms with E-state index in [0.717, 1.165) is 16.9 Å². The summed E-state index contributed by atoms with van der Waals surface area (Å²) in [5.74, 6) is 0.706. The average molecular weight is 342 g/mol. The van der Waals surface area contributed by atoms with Crippen molar-refractivity contribution in [2.75, 3.05) is 19.3 Å². The van der Waals surface area contributed by atoms with Gasteiger partial charge in [-0.3, -0.25) is 4.79 Å². The first-order chi connectivity index (χ1) is 10.4. The van der Waals surface area contributed by atoms with E-state index in [-0.39, 0.29) is 5.91 Å². The van der Waals surface area contributed by atoms with Crippen molar-refractivity contribution in [3.05, 3.63) is 46.0 Å². The van der Waals surface area contributed by atoms with Crippen molar-refractivity contribution in [2.24, 2.45) is 0 Å². The molecule has 0 atom stereocenters. The first-order valence-electron chi connectivity index (χ1n) is 6.78. The standard InChI is InChI=1S/C14H18N2O4S2/c1-22(18,19)16-9-7-12-4-5-13(21-12)14(17)15-8-6-11-3-2-10-20-11/h2-5,10,16H,6-9H2,1H3,(H,15,17). The molecule has 0 aliphatic rings. The Morgan fingerprint density at radius 3 is 2.73 bits per heavy atom. The number of carbonyl (C=O) groups excluding carboxylic acids is 1. The summed E-state index contributed by atoms with van der Waals surface area (Å²) in [6.45, 7) is 0.841. The second-order valence-electron chi connectivity index (χ2n) is 4.77. The molecule has 1 amide bonds. The van der Waals surface area contributed by atoms with Gasteiger partial charge in [0.25, 0.3) is 5.91 Å². The molecule has 0 saturated carbocycles. The van der Waals surface area contributed by atoms with E-state index in [1.807, 2.05) is 18.2 Å². The number of rotatable bonds is 8. The third-order valence-corrected chi connectivity index (χ3v) is 4.73. The molecule has 8 heteroatoms. The monoisotopic (exact) mass is 342 g/mol. The van der Waals surface area contributed by atoms with Crippen LogP contribution in [-0.2, 0) is 22.9 Å². The van der Waals surface area contributed by atoms with E-state index in [9.17, 15) is 13.2 Å². The first kappa shape index (κ1) is 16.7. The number of furan rings is 1. The van der Waals surface area contributed by atoms with Crippen molar-refractivity contribution in [1.29, 1.82) is 0 Å². The van der Waals surface area contributed by atoms with E-state index >= 15 is 0 Å². The van der Waals surface area contributed by atoms with Crippen LogP contribution in [0.2, 0.25) is 0 Å². The molecule has 0 aliphatic heterocycles. The number of hydrogen-bond donors (Lipinski definition) is 2. The Labute approximate surface area is 133 Å². The van der Waals surface area contributed by atoms with E-state index in [1.165, 1.54) is 11.3 Å². The van der Waals surface area contributed by atoms with Crippen LogP contribution in [0, 0.1) is 0 Å². The van der Waals surface area contributed by atoms with Gasteiger partial charge < -0.3 is 9.73 Å². The molecule has 0 radical (unpaired) electrons. The van der Waals surface area contributed by atoms with Crippen molar-refractivity contribution >= 4 is 27.3 Å². The van der Waals surface area contributed by atoms with Crippen molar-refractivity contribution in [1.82, 2.24) is 10.0 Å². The Morgan fingerprint density at radius 2 is 2.05 bits per heavy atom. The van der Waals surface area contributed by atoms with E-state index in [4.69, 9.17) is 4.42 Å². The van der Waals surface area contributed by atoms with Crippen LogP contribution in [0.3, 0.4) is 0 Å². The molecule has 2 aromatic heterocycles. The molecule has 2 heterocycles. The molecule has 0 unspecified atom stereocenters. The third-order valence-electron chi connectivity index (χ3n) is 2.86. The minimum Gasteiger partial charge on any atom is -0.469 e. The van der Waals surface area contributed by atoms with Crippen LogP contribution in [0.4, 0.5) is 0 Å². The van der Waals surface area contributed by atoms with Gasteiger partial charge in [-0.15, -0.1) is 11.3 Å². The van der Waals surface area contributed by atoms with E-state index in [2.05, 4.69) is 10.0 Å². The van der Waals surface area contributed by atoms with Crippen molar-refractivity contribution in [3.63, 3.8) is 0 Å². The average Bonchev–Trinajstić information content (AvgIpc) is 3.08. The van der Waals surface area contributed by atoms with Crippen molar-refractivity contribution in [3.8, 4) is 0 Å². The lowest BCUT2D eigenvalue weighted by Gasteiger charge is -2.02. The van der Waals surface area contributed by atoms with Gasteiger partial charge in [-0.2, -0.15) is 0 Å². The van der Waals surface area contributed by atoms with Crippen LogP contribution in [-0.4, -0.2) is 33.7 Å². The molecule has 2 rings (SSSR count). The number of carbonyl (C=O) groups is 1. The second-order valence-corrected chi connectivity index (χ2v) is 7.77. The Balaban J connectivity index is 1.76. The molecule has 0 saturated heterocycles. The predicted molar refractivity (Wildman–Crippen MR) is 85.6 cm³/mol. The molecule has 0 aromatic carbocycles. The van der Waals surface area contributed by atoms with Gasteiger partial charge in [0.2, 0.25) is 10.0 Å². The highest BCUT2D eigenvalue weighted by molar-refractivity contribution is 7.88. The molecule has 2 N–H and O–H groups in total. The van der Waals surface area contributed by atoms with Crippen LogP contribution < -0.4 is 10.0 Å². The Bertz CT molecular complexity index is 705. The highest BCUT2D eigenvalue weighted by Crippen LogP contribution is 2.16. The molecule has 6 nitrogen and oxygen atoms in total. The van der Waals surface area contributed by atoms with Gasteiger partial charge in [-0.25, -0.2) is 13.1 Å². The molecule has 0 aliphatic carbocycles. The maximum atomic E-state index is 12.0. The van der Waals surface area contributed by atoms with E-state index in [1.54, 1.807) is 12.3 Å². The van der Waals surface area contributed by atoms with Crippen LogP contribution in [0.5, 0.6) is 0 Å². The molecule has 22 heavy (non-hydrogen) atoms. The number of amides is 1. The number of sulfonamides is 1. The Kier molecular flexibility index (Phi) is 5.76. The SMILES string of the molecule is CS(=O)(=O)NCCc1ccc(C(=O)NCCc2ccco2)s1. The van der Waals surface area contributed by atoms with Gasteiger partial charge in [0.15, 0.2) is 0 Å². The molecule has 0 bridgehead atoms. The largest absolute Gasteiger partial charge is 0.469 e. The Hall–Kier alpha value is -1.64. The summed E-state index contributed by atoms with van der Waals surface area (Å²) >= 11 is 1.37. The molecule has 0 spiro atoms. The van der Waals surface area contributed by atoms with Crippen LogP contribution >= 0.6 is 11.3 Å². The quantitative estimate of drug-likeness (QED) is 0.759. The first-order valence-corrected chi connectivity index (χ1v) is 9.49. The third kappa shape index (κ3) is 5.63. The summed E-state index contributed by atoms with van der Waals surface area (Å²) in [5, 5.41) is 2.83. The fourth-order valence-electron chi connectivity index (χ4n) is 1.84. The number of nitrogens with one attached hydrogen (secondary N) is 2. The van der Waals surface area contributed by atoms with Crippen molar-refractivity contribution in [2.45, 2.75) is 12.8 Å². The Morgan fingerprint density at radius 1 is 1.23 bits per heavy atom. The lowest BCUT2D eigenvalue weighted by molar-refractivity contribution is 0.0957. The molecule has 120 valence electrons.